The van der Waals surface area contributed by atoms with Crippen LogP contribution in [0.2, 0.25) is 10.0 Å². The molecule has 0 spiro atoms. The number of Topliss-reactive ketones (excluding diaryl/α,β-unsaturated/α-hetero) is 1. The van der Waals surface area contributed by atoms with E-state index < -0.39 is 11.2 Å². The SMILES string of the molecule is CC(=O)Cn1c(Br)nc2c1c(=O)n(Cc1ccc(Cl)cc1Cl)c(=O)n2C. The van der Waals surface area contributed by atoms with Gasteiger partial charge in [0.05, 0.1) is 13.1 Å². The van der Waals surface area contributed by atoms with Crippen LogP contribution in [0.25, 0.3) is 11.2 Å². The third-order valence-corrected chi connectivity index (χ3v) is 5.10. The Morgan fingerprint density at radius 3 is 2.54 bits per heavy atom. The molecule has 0 amide bonds. The normalized spacial score (nSPS) is 11.3. The summed E-state index contributed by atoms with van der Waals surface area (Å²) in [5.41, 5.74) is -0.140. The predicted octanol–water partition coefficient (Wildman–Crippen LogP) is 2.60. The van der Waals surface area contributed by atoms with Crippen LogP contribution in [0, 0.1) is 0 Å². The number of hydrogen-bond acceptors (Lipinski definition) is 4. The van der Waals surface area contributed by atoms with E-state index in [0.717, 1.165) is 4.57 Å². The molecular formula is C16H13BrCl2N4O3. The molecule has 7 nitrogen and oxygen atoms in total. The summed E-state index contributed by atoms with van der Waals surface area (Å²) in [6, 6.07) is 4.83. The summed E-state index contributed by atoms with van der Waals surface area (Å²) < 4.78 is 4.07. The number of aromatic nitrogens is 4. The molecule has 0 aliphatic heterocycles. The van der Waals surface area contributed by atoms with Gasteiger partial charge in [-0.3, -0.25) is 18.7 Å². The third kappa shape index (κ3) is 3.24. The van der Waals surface area contributed by atoms with E-state index in [1.165, 1.54) is 23.1 Å². The van der Waals surface area contributed by atoms with Gasteiger partial charge < -0.3 is 4.57 Å². The van der Waals surface area contributed by atoms with Crippen molar-refractivity contribution < 1.29 is 4.79 Å². The van der Waals surface area contributed by atoms with Crippen molar-refractivity contribution in [1.29, 1.82) is 0 Å². The highest BCUT2D eigenvalue weighted by Crippen LogP contribution is 2.21. The molecule has 0 saturated heterocycles. The van der Waals surface area contributed by atoms with E-state index in [1.807, 2.05) is 0 Å². The second kappa shape index (κ2) is 7.02. The number of aryl methyl sites for hydroxylation is 1. The van der Waals surface area contributed by atoms with Gasteiger partial charge in [0.1, 0.15) is 5.78 Å². The zero-order valence-corrected chi connectivity index (χ0v) is 16.9. The largest absolute Gasteiger partial charge is 0.332 e. The number of halogens is 3. The number of nitrogens with zero attached hydrogens (tertiary/aromatic N) is 4. The number of hydrogen-bond donors (Lipinski definition) is 0. The average molecular weight is 460 g/mol. The molecule has 0 bridgehead atoms. The van der Waals surface area contributed by atoms with Crippen molar-refractivity contribution in [3.05, 3.63) is 59.4 Å². The van der Waals surface area contributed by atoms with Crippen LogP contribution in [0.3, 0.4) is 0 Å². The fraction of sp³-hybridized carbons (Fsp3) is 0.250. The molecule has 2 aromatic heterocycles. The fourth-order valence-corrected chi connectivity index (χ4v) is 3.61. The summed E-state index contributed by atoms with van der Waals surface area (Å²) in [5, 5.41) is 0.808. The number of benzene rings is 1. The van der Waals surface area contributed by atoms with E-state index in [9.17, 15) is 14.4 Å². The van der Waals surface area contributed by atoms with Gasteiger partial charge in [-0.2, -0.15) is 0 Å². The van der Waals surface area contributed by atoms with E-state index in [1.54, 1.807) is 18.2 Å². The Morgan fingerprint density at radius 2 is 1.92 bits per heavy atom. The summed E-state index contributed by atoms with van der Waals surface area (Å²) in [5.74, 6) is -0.148. The van der Waals surface area contributed by atoms with Crippen molar-refractivity contribution in [1.82, 2.24) is 18.7 Å². The van der Waals surface area contributed by atoms with Crippen LogP contribution in [0.5, 0.6) is 0 Å². The van der Waals surface area contributed by atoms with Crippen LogP contribution in [-0.4, -0.2) is 24.5 Å². The molecule has 26 heavy (non-hydrogen) atoms. The first-order chi connectivity index (χ1) is 12.2. The molecule has 0 aliphatic rings. The third-order valence-electron chi connectivity index (χ3n) is 3.91. The molecule has 0 N–H and O–H groups in total. The van der Waals surface area contributed by atoms with Crippen molar-refractivity contribution >= 4 is 56.1 Å². The number of imidazole rings is 1. The standard InChI is InChI=1S/C16H13BrCl2N4O3/c1-8(24)6-22-12-13(20-15(22)17)21(2)16(26)23(14(12)25)7-9-3-4-10(18)5-11(9)19/h3-5H,6-7H2,1-2H3. The first-order valence-corrected chi connectivity index (χ1v) is 9.04. The van der Waals surface area contributed by atoms with Gasteiger partial charge >= 0.3 is 5.69 Å². The Hall–Kier alpha value is -1.90. The predicted molar refractivity (Wildman–Crippen MR) is 103 cm³/mol. The van der Waals surface area contributed by atoms with Crippen molar-refractivity contribution in [3.63, 3.8) is 0 Å². The Kier molecular flexibility index (Phi) is 5.09. The van der Waals surface area contributed by atoms with E-state index in [2.05, 4.69) is 20.9 Å². The van der Waals surface area contributed by atoms with Crippen LogP contribution in [0.15, 0.2) is 32.5 Å². The lowest BCUT2D eigenvalue weighted by molar-refractivity contribution is -0.117. The highest BCUT2D eigenvalue weighted by atomic mass is 79.9. The first-order valence-electron chi connectivity index (χ1n) is 7.49. The Labute approximate surface area is 165 Å². The Bertz CT molecular complexity index is 1160. The summed E-state index contributed by atoms with van der Waals surface area (Å²) in [7, 11) is 1.52. The first kappa shape index (κ1) is 18.9. The van der Waals surface area contributed by atoms with E-state index in [0.29, 0.717) is 20.3 Å². The minimum atomic E-state index is -0.548. The lowest BCUT2D eigenvalue weighted by Crippen LogP contribution is -2.40. The van der Waals surface area contributed by atoms with Crippen molar-refractivity contribution in [2.24, 2.45) is 7.05 Å². The van der Waals surface area contributed by atoms with E-state index in [-0.39, 0.29) is 30.0 Å². The summed E-state index contributed by atoms with van der Waals surface area (Å²) in [6.07, 6.45) is 0. The minimum Gasteiger partial charge on any atom is -0.305 e. The van der Waals surface area contributed by atoms with Crippen LogP contribution >= 0.6 is 39.1 Å². The maximum atomic E-state index is 13.0. The molecule has 3 rings (SSSR count). The maximum absolute atomic E-state index is 13.0. The molecule has 0 unspecified atom stereocenters. The quantitative estimate of drug-likeness (QED) is 0.561. The zero-order chi connectivity index (χ0) is 19.2. The molecule has 0 fully saturated rings. The van der Waals surface area contributed by atoms with Gasteiger partial charge in [-0.05, 0) is 40.5 Å². The smallest absolute Gasteiger partial charge is 0.305 e. The van der Waals surface area contributed by atoms with Crippen LogP contribution < -0.4 is 11.2 Å². The number of carbonyl (C=O) groups is 1. The average Bonchev–Trinajstić information content (AvgIpc) is 2.88. The maximum Gasteiger partial charge on any atom is 0.332 e. The molecule has 0 aliphatic carbocycles. The molecule has 0 radical (unpaired) electrons. The topological polar surface area (TPSA) is 78.9 Å². The van der Waals surface area contributed by atoms with Crippen molar-refractivity contribution in [2.45, 2.75) is 20.0 Å². The van der Waals surface area contributed by atoms with Gasteiger partial charge in [0.15, 0.2) is 15.9 Å². The number of carbonyl (C=O) groups excluding carboxylic acids is 1. The molecular weight excluding hydrogens is 447 g/mol. The molecule has 1 aromatic carbocycles. The molecule has 136 valence electrons. The van der Waals surface area contributed by atoms with Crippen LogP contribution in [0.1, 0.15) is 12.5 Å². The summed E-state index contributed by atoms with van der Waals surface area (Å²) >= 11 is 15.3. The lowest BCUT2D eigenvalue weighted by atomic mass is 10.2. The highest BCUT2D eigenvalue weighted by Gasteiger charge is 2.20. The molecule has 2 heterocycles. The van der Waals surface area contributed by atoms with Gasteiger partial charge in [0.2, 0.25) is 0 Å². The molecule has 0 saturated carbocycles. The number of rotatable bonds is 4. The zero-order valence-electron chi connectivity index (χ0n) is 13.8. The van der Waals surface area contributed by atoms with Gasteiger partial charge in [-0.25, -0.2) is 9.78 Å². The monoisotopic (exact) mass is 458 g/mol. The minimum absolute atomic E-state index is 0.0275. The van der Waals surface area contributed by atoms with Crippen LogP contribution in [0.4, 0.5) is 0 Å². The lowest BCUT2D eigenvalue weighted by Gasteiger charge is -2.10. The van der Waals surface area contributed by atoms with Crippen molar-refractivity contribution in [3.8, 4) is 0 Å². The van der Waals surface area contributed by atoms with E-state index in [4.69, 9.17) is 23.2 Å². The van der Waals surface area contributed by atoms with E-state index >= 15 is 0 Å². The molecule has 0 atom stereocenters. The second-order valence-electron chi connectivity index (χ2n) is 5.81. The van der Waals surface area contributed by atoms with Crippen LogP contribution in [-0.2, 0) is 24.9 Å². The van der Waals surface area contributed by atoms with Crippen molar-refractivity contribution in [2.75, 3.05) is 0 Å². The fourth-order valence-electron chi connectivity index (χ4n) is 2.67. The number of ketones is 1. The van der Waals surface area contributed by atoms with Gasteiger partial charge in [0.25, 0.3) is 5.56 Å². The van der Waals surface area contributed by atoms with Gasteiger partial charge in [0, 0.05) is 17.1 Å². The summed E-state index contributed by atoms with van der Waals surface area (Å²) in [6.45, 7) is 1.35. The highest BCUT2D eigenvalue weighted by molar-refractivity contribution is 9.10. The Morgan fingerprint density at radius 1 is 1.23 bits per heavy atom. The van der Waals surface area contributed by atoms with Gasteiger partial charge in [-0.15, -0.1) is 0 Å². The Balaban J connectivity index is 2.27. The molecule has 3 aromatic rings. The summed E-state index contributed by atoms with van der Waals surface area (Å²) in [4.78, 5) is 41.4. The molecule has 10 heteroatoms. The second-order valence-corrected chi connectivity index (χ2v) is 7.36. The number of fused-ring (bicyclic) bond motifs is 1. The van der Waals surface area contributed by atoms with Gasteiger partial charge in [-0.1, -0.05) is 29.3 Å².